The lowest BCUT2D eigenvalue weighted by Crippen LogP contribution is -2.25. The van der Waals surface area contributed by atoms with E-state index in [9.17, 15) is 8.78 Å². The van der Waals surface area contributed by atoms with Gasteiger partial charge in [-0.2, -0.15) is 0 Å². The van der Waals surface area contributed by atoms with Gasteiger partial charge in [-0.25, -0.2) is 8.78 Å². The van der Waals surface area contributed by atoms with Gasteiger partial charge in [0, 0.05) is 15.6 Å². The molecular weight excluding hydrogens is 336 g/mol. The van der Waals surface area contributed by atoms with Crippen molar-refractivity contribution in [3.63, 3.8) is 0 Å². The van der Waals surface area contributed by atoms with E-state index in [-0.39, 0.29) is 11.6 Å². The van der Waals surface area contributed by atoms with Crippen LogP contribution in [0.4, 0.5) is 8.78 Å². The summed E-state index contributed by atoms with van der Waals surface area (Å²) in [6, 6.07) is 9.29. The van der Waals surface area contributed by atoms with Crippen LogP contribution < -0.4 is 5.32 Å². The van der Waals surface area contributed by atoms with Crippen LogP contribution in [0.25, 0.3) is 0 Å². The van der Waals surface area contributed by atoms with Crippen molar-refractivity contribution in [1.82, 2.24) is 5.32 Å². The minimum Gasteiger partial charge on any atom is -0.306 e. The highest BCUT2D eigenvalue weighted by Gasteiger charge is 2.20. The number of hydrogen-bond acceptors (Lipinski definition) is 1. The molecule has 1 nitrogen and oxygen atoms in total. The third kappa shape index (κ3) is 3.89. The van der Waals surface area contributed by atoms with Gasteiger partial charge in [0.1, 0.15) is 11.6 Å². The van der Waals surface area contributed by atoms with Gasteiger partial charge in [0.15, 0.2) is 0 Å². The molecule has 0 aliphatic heterocycles. The Balaban J connectivity index is 2.49. The molecule has 0 saturated carbocycles. The topological polar surface area (TPSA) is 12.0 Å². The average molecular weight is 354 g/mol. The van der Waals surface area contributed by atoms with Gasteiger partial charge in [0.05, 0.1) is 6.04 Å². The highest BCUT2D eigenvalue weighted by molar-refractivity contribution is 9.10. The molecule has 2 aromatic rings. The van der Waals surface area contributed by atoms with Crippen molar-refractivity contribution in [2.75, 3.05) is 6.54 Å². The van der Waals surface area contributed by atoms with Crippen LogP contribution in [0.5, 0.6) is 0 Å². The molecular formula is C17H18BrF2N. The minimum absolute atomic E-state index is 0.323. The highest BCUT2D eigenvalue weighted by atomic mass is 79.9. The van der Waals surface area contributed by atoms with Gasteiger partial charge in [0.2, 0.25) is 0 Å². The second-order valence-corrected chi connectivity index (χ2v) is 5.99. The van der Waals surface area contributed by atoms with Gasteiger partial charge in [-0.3, -0.25) is 0 Å². The van der Waals surface area contributed by atoms with Crippen LogP contribution in [0.15, 0.2) is 40.9 Å². The van der Waals surface area contributed by atoms with Crippen molar-refractivity contribution in [1.29, 1.82) is 0 Å². The molecule has 0 aliphatic carbocycles. The summed E-state index contributed by atoms with van der Waals surface area (Å²) in [5, 5.41) is 3.24. The first-order valence-electron chi connectivity index (χ1n) is 6.97. The fourth-order valence-electron chi connectivity index (χ4n) is 2.30. The fraction of sp³-hybridized carbons (Fsp3) is 0.294. The largest absolute Gasteiger partial charge is 0.306 e. The molecule has 21 heavy (non-hydrogen) atoms. The van der Waals surface area contributed by atoms with Crippen LogP contribution in [0, 0.1) is 18.6 Å². The Labute approximate surface area is 132 Å². The molecule has 0 heterocycles. The van der Waals surface area contributed by atoms with Gasteiger partial charge < -0.3 is 5.32 Å². The maximum Gasteiger partial charge on any atom is 0.129 e. The van der Waals surface area contributed by atoms with Crippen LogP contribution in [0.3, 0.4) is 0 Å². The molecule has 4 heteroatoms. The first kappa shape index (κ1) is 16.1. The first-order valence-corrected chi connectivity index (χ1v) is 7.76. The van der Waals surface area contributed by atoms with Crippen molar-refractivity contribution in [3.8, 4) is 0 Å². The summed E-state index contributed by atoms with van der Waals surface area (Å²) in [7, 11) is 0. The number of halogens is 3. The predicted molar refractivity (Wildman–Crippen MR) is 85.4 cm³/mol. The van der Waals surface area contributed by atoms with Crippen molar-refractivity contribution < 1.29 is 8.78 Å². The third-order valence-corrected chi connectivity index (χ3v) is 3.83. The molecule has 0 bridgehead atoms. The molecule has 0 saturated heterocycles. The smallest absolute Gasteiger partial charge is 0.129 e. The normalized spacial score (nSPS) is 12.4. The number of aryl methyl sites for hydroxylation is 1. The lowest BCUT2D eigenvalue weighted by atomic mass is 9.96. The van der Waals surface area contributed by atoms with Crippen LogP contribution in [0.1, 0.15) is 36.1 Å². The van der Waals surface area contributed by atoms with Crippen molar-refractivity contribution in [3.05, 3.63) is 69.2 Å². The van der Waals surface area contributed by atoms with E-state index in [0.717, 1.165) is 12.0 Å². The number of rotatable bonds is 5. The summed E-state index contributed by atoms with van der Waals surface area (Å²) in [4.78, 5) is 0. The predicted octanol–water partition coefficient (Wildman–Crippen LogP) is 5.12. The maximum atomic E-state index is 14.3. The third-order valence-electron chi connectivity index (χ3n) is 3.33. The molecule has 0 fully saturated rings. The Bertz CT molecular complexity index is 628. The summed E-state index contributed by atoms with van der Waals surface area (Å²) in [6.45, 7) is 4.61. The molecule has 0 aliphatic rings. The Morgan fingerprint density at radius 3 is 2.48 bits per heavy atom. The zero-order chi connectivity index (χ0) is 15.4. The summed E-state index contributed by atoms with van der Waals surface area (Å²) >= 11 is 3.25. The molecule has 0 spiro atoms. The van der Waals surface area contributed by atoms with E-state index in [1.807, 2.05) is 13.8 Å². The monoisotopic (exact) mass is 353 g/mol. The molecule has 112 valence electrons. The molecule has 2 rings (SSSR count). The van der Waals surface area contributed by atoms with Gasteiger partial charge in [0.25, 0.3) is 0 Å². The summed E-state index contributed by atoms with van der Waals surface area (Å²) < 4.78 is 29.1. The molecule has 0 aromatic heterocycles. The van der Waals surface area contributed by atoms with Gasteiger partial charge in [-0.05, 0) is 38.1 Å². The van der Waals surface area contributed by atoms with E-state index in [0.29, 0.717) is 22.1 Å². The molecule has 2 aromatic carbocycles. The summed E-state index contributed by atoms with van der Waals surface area (Å²) in [5.74, 6) is -0.671. The van der Waals surface area contributed by atoms with E-state index in [2.05, 4.69) is 21.2 Å². The Morgan fingerprint density at radius 2 is 1.81 bits per heavy atom. The second-order valence-electron chi connectivity index (χ2n) is 5.08. The second kappa shape index (κ2) is 7.14. The lowest BCUT2D eigenvalue weighted by Gasteiger charge is -2.21. The first-order chi connectivity index (χ1) is 10.0. The fourth-order valence-corrected chi connectivity index (χ4v) is 2.63. The average Bonchev–Trinajstić information content (AvgIpc) is 2.44. The molecule has 1 N–H and O–H groups in total. The van der Waals surface area contributed by atoms with Crippen molar-refractivity contribution in [2.45, 2.75) is 26.3 Å². The molecule has 1 atom stereocenters. The van der Waals surface area contributed by atoms with Crippen LogP contribution >= 0.6 is 15.9 Å². The SMILES string of the molecule is CCCNC(c1ccc(Br)cc1F)c1cc(C)ccc1F. The Morgan fingerprint density at radius 1 is 1.05 bits per heavy atom. The minimum atomic E-state index is -0.488. The quantitative estimate of drug-likeness (QED) is 0.785. The van der Waals surface area contributed by atoms with Crippen LogP contribution in [-0.4, -0.2) is 6.54 Å². The van der Waals surface area contributed by atoms with E-state index >= 15 is 0 Å². The van der Waals surface area contributed by atoms with Gasteiger partial charge in [-0.1, -0.05) is 46.6 Å². The van der Waals surface area contributed by atoms with Crippen molar-refractivity contribution >= 4 is 15.9 Å². The summed E-state index contributed by atoms with van der Waals surface area (Å²) in [6.07, 6.45) is 0.891. The molecule has 0 amide bonds. The number of hydrogen-bond donors (Lipinski definition) is 1. The number of benzene rings is 2. The van der Waals surface area contributed by atoms with Crippen LogP contribution in [0.2, 0.25) is 0 Å². The van der Waals surface area contributed by atoms with Crippen LogP contribution in [-0.2, 0) is 0 Å². The molecule has 1 unspecified atom stereocenters. The van der Waals surface area contributed by atoms with Gasteiger partial charge in [-0.15, -0.1) is 0 Å². The Hall–Kier alpha value is -1.26. The lowest BCUT2D eigenvalue weighted by molar-refractivity contribution is 0.520. The highest BCUT2D eigenvalue weighted by Crippen LogP contribution is 2.29. The maximum absolute atomic E-state index is 14.3. The standard InChI is InChI=1S/C17H18BrF2N/c1-3-8-21-17(13-6-5-12(18)10-16(13)20)14-9-11(2)4-7-15(14)19/h4-7,9-10,17,21H,3,8H2,1-2H3. The van der Waals surface area contributed by atoms with E-state index in [4.69, 9.17) is 0 Å². The molecule has 0 radical (unpaired) electrons. The van der Waals surface area contributed by atoms with Crippen molar-refractivity contribution in [2.24, 2.45) is 0 Å². The summed E-state index contributed by atoms with van der Waals surface area (Å²) in [5.41, 5.74) is 1.88. The van der Waals surface area contributed by atoms with E-state index in [1.54, 1.807) is 24.3 Å². The number of nitrogens with one attached hydrogen (secondary N) is 1. The van der Waals surface area contributed by atoms with E-state index < -0.39 is 6.04 Å². The van der Waals surface area contributed by atoms with Gasteiger partial charge >= 0.3 is 0 Å². The zero-order valence-corrected chi connectivity index (χ0v) is 13.7. The Kier molecular flexibility index (Phi) is 5.48. The zero-order valence-electron chi connectivity index (χ0n) is 12.1. The van der Waals surface area contributed by atoms with E-state index in [1.165, 1.54) is 12.1 Å².